The fraction of sp³-hybridized carbons (Fsp3) is 0. The predicted octanol–water partition coefficient (Wildman–Crippen LogP) is 28.7. The average Bonchev–Trinajstić information content (AvgIpc) is 1.38. The van der Waals surface area contributed by atoms with Gasteiger partial charge in [-0.05, 0) is 151 Å². The third-order valence-electron chi connectivity index (χ3n) is 21.7. The van der Waals surface area contributed by atoms with Gasteiger partial charge in [0.2, 0.25) is 0 Å². The van der Waals surface area contributed by atoms with Gasteiger partial charge in [-0.1, -0.05) is 285 Å². The monoisotopic (exact) mass is 1480 g/mol. The molecule has 0 fully saturated rings. The van der Waals surface area contributed by atoms with E-state index < -0.39 is 0 Å². The molecule has 10 heteroatoms. The van der Waals surface area contributed by atoms with Crippen LogP contribution in [0, 0.1) is 0 Å². The number of furan rings is 1. The van der Waals surface area contributed by atoms with Gasteiger partial charge in [-0.25, -0.2) is 29.9 Å². The van der Waals surface area contributed by atoms with Crippen LogP contribution in [0.4, 0.5) is 0 Å². The van der Waals surface area contributed by atoms with E-state index in [1.54, 1.807) is 22.7 Å². The first-order valence-corrected chi connectivity index (χ1v) is 39.9. The molecule has 7 nitrogen and oxygen atoms in total. The van der Waals surface area contributed by atoms with Crippen LogP contribution in [0.3, 0.4) is 0 Å². The highest BCUT2D eigenvalue weighted by atomic mass is 32.1. The molecule has 0 amide bonds. The first-order valence-electron chi connectivity index (χ1n) is 37.4. The molecule has 112 heavy (non-hydrogen) atoms. The number of para-hydroxylation sites is 1. The zero-order chi connectivity index (χ0) is 73.7. The summed E-state index contributed by atoms with van der Waals surface area (Å²) in [7, 11) is 0. The van der Waals surface area contributed by atoms with Crippen LogP contribution in [0.5, 0.6) is 0 Å². The Balaban J connectivity index is 0.631. The molecule has 0 N–H and O–H groups in total. The van der Waals surface area contributed by atoms with E-state index in [4.69, 9.17) is 34.3 Å². The van der Waals surface area contributed by atoms with Crippen molar-refractivity contribution in [2.24, 2.45) is 0 Å². The van der Waals surface area contributed by atoms with Crippen molar-refractivity contribution >= 4 is 116 Å². The first kappa shape index (κ1) is 65.1. The van der Waals surface area contributed by atoms with E-state index >= 15 is 0 Å². The molecule has 522 valence electrons. The fourth-order valence-corrected chi connectivity index (χ4v) is 19.9. The summed E-state index contributed by atoms with van der Waals surface area (Å²) in [5.41, 5.74) is 22.3. The van der Waals surface area contributed by atoms with E-state index in [0.29, 0.717) is 34.9 Å². The Hall–Kier alpha value is -14.0. The maximum atomic E-state index is 7.07. The normalized spacial score (nSPS) is 11.8. The van der Waals surface area contributed by atoms with Crippen LogP contribution < -0.4 is 0 Å². The van der Waals surface area contributed by atoms with E-state index in [1.807, 2.05) is 17.4 Å². The molecule has 0 bridgehead atoms. The predicted molar refractivity (Wildman–Crippen MR) is 470 cm³/mol. The molecule has 0 aliphatic carbocycles. The topological polar surface area (TPSA) is 90.5 Å². The zero-order valence-electron chi connectivity index (χ0n) is 60.0. The van der Waals surface area contributed by atoms with Crippen LogP contribution in [-0.4, -0.2) is 29.9 Å². The highest BCUT2D eigenvalue weighted by Crippen LogP contribution is 2.49. The minimum atomic E-state index is 0.592. The number of hydrogen-bond donors (Lipinski definition) is 0. The SMILES string of the molecule is c1ccc(-c2ccccc2-c2nc(-c3cccc(-c4cccc(-c5ccc(-c6ccc7sc8c(-c9nc(-c%10cccc(-c%11cccc(-c%12cccc%13sc%14ccccc%14c%12%13)c%11)c%10)nc(-c%10ccccc%10-c%10ccccc%10)n9)cccc8c7c6)c6oc7ccccc7c56)c4)c3)nc(-c3cccc4c3sc3ccccc34)n2)cc1. The van der Waals surface area contributed by atoms with Gasteiger partial charge in [0, 0.05) is 110 Å². The third-order valence-corrected chi connectivity index (χ3v) is 25.2. The second-order valence-electron chi connectivity index (χ2n) is 28.3. The summed E-state index contributed by atoms with van der Waals surface area (Å²) in [4.78, 5) is 32.5. The van der Waals surface area contributed by atoms with Crippen molar-refractivity contribution in [2.45, 2.75) is 0 Å². The molecule has 0 spiro atoms. The lowest BCUT2D eigenvalue weighted by atomic mass is 9.92. The number of aromatic nitrogens is 6. The van der Waals surface area contributed by atoms with Gasteiger partial charge in [-0.3, -0.25) is 0 Å². The standard InChI is InChI=1S/C102H60N6OS3/c1-3-24-61(25-4-1)72-36-7-9-39-80(72)99-103-97(105-101(107-99)84-46-21-44-78-77-38-12-15-49-88(77)111-95(78)84)71-35-20-31-66(59-71)64-29-18-33-68(57-64)75-53-54-76(94-93(75)82-41-11-14-48-87(82)109-94)69-52-55-90-86(60-69)79-45-22-47-85(96(79)112-90)102-106-98(104-100(108-102)81-40-10-8-37-73(81)62-26-5-2-6-27-62)70-34-19-30-65(58-70)63-28-17-32-67(56-63)74-43-23-51-91-92(74)83-42-13-16-50-89(83)110-91/h1-60H. The molecule has 0 atom stereocenters. The fourth-order valence-electron chi connectivity index (χ4n) is 16.4. The zero-order valence-corrected chi connectivity index (χ0v) is 62.4. The Labute approximate surface area is 656 Å². The van der Waals surface area contributed by atoms with Gasteiger partial charge in [0.25, 0.3) is 0 Å². The van der Waals surface area contributed by atoms with E-state index in [9.17, 15) is 0 Å². The molecule has 0 saturated heterocycles. The largest absolute Gasteiger partial charge is 0.455 e. The molecular formula is C102H60N6OS3. The number of thiophene rings is 3. The van der Waals surface area contributed by atoms with Gasteiger partial charge < -0.3 is 4.42 Å². The number of rotatable bonds is 13. The summed E-state index contributed by atoms with van der Waals surface area (Å²) in [6.45, 7) is 0. The molecule has 22 rings (SSSR count). The molecule has 0 radical (unpaired) electrons. The minimum Gasteiger partial charge on any atom is -0.455 e. The Morgan fingerprint density at radius 2 is 0.536 bits per heavy atom. The highest BCUT2D eigenvalue weighted by Gasteiger charge is 2.25. The Kier molecular flexibility index (Phi) is 15.7. The van der Waals surface area contributed by atoms with Gasteiger partial charge in [0.05, 0.1) is 0 Å². The molecule has 16 aromatic carbocycles. The van der Waals surface area contributed by atoms with Crippen molar-refractivity contribution < 1.29 is 4.42 Å². The molecule has 6 heterocycles. The third kappa shape index (κ3) is 11.3. The Morgan fingerprint density at radius 1 is 0.179 bits per heavy atom. The second kappa shape index (κ2) is 27.0. The van der Waals surface area contributed by atoms with Crippen LogP contribution in [0.1, 0.15) is 0 Å². The molecule has 0 aliphatic heterocycles. The van der Waals surface area contributed by atoms with Gasteiger partial charge in [0.15, 0.2) is 34.9 Å². The summed E-state index contributed by atoms with van der Waals surface area (Å²) in [5.74, 6) is 3.62. The Bertz CT molecular complexity index is 7540. The van der Waals surface area contributed by atoms with Crippen LogP contribution in [0.25, 0.3) is 229 Å². The van der Waals surface area contributed by atoms with Crippen LogP contribution in [0.2, 0.25) is 0 Å². The van der Waals surface area contributed by atoms with Crippen molar-refractivity contribution in [1.29, 1.82) is 0 Å². The number of fused-ring (bicyclic) bond motifs is 12. The van der Waals surface area contributed by atoms with Crippen molar-refractivity contribution in [1.82, 2.24) is 29.9 Å². The Morgan fingerprint density at radius 3 is 1.12 bits per heavy atom. The number of hydrogen-bond acceptors (Lipinski definition) is 10. The second-order valence-corrected chi connectivity index (χ2v) is 31.5. The van der Waals surface area contributed by atoms with E-state index in [-0.39, 0.29) is 0 Å². The van der Waals surface area contributed by atoms with Gasteiger partial charge in [-0.2, -0.15) is 0 Å². The lowest BCUT2D eigenvalue weighted by Gasteiger charge is -2.13. The van der Waals surface area contributed by atoms with E-state index in [2.05, 4.69) is 358 Å². The molecule has 22 aromatic rings. The molecular weight excluding hydrogens is 1420 g/mol. The highest BCUT2D eigenvalue weighted by molar-refractivity contribution is 7.27. The van der Waals surface area contributed by atoms with Crippen LogP contribution in [-0.2, 0) is 0 Å². The van der Waals surface area contributed by atoms with Gasteiger partial charge >= 0.3 is 0 Å². The van der Waals surface area contributed by atoms with Crippen molar-refractivity contribution in [3.05, 3.63) is 364 Å². The smallest absolute Gasteiger partial charge is 0.165 e. The number of nitrogens with zero attached hydrogens (tertiary/aromatic N) is 6. The summed E-state index contributed by atoms with van der Waals surface area (Å²) < 4.78 is 14.3. The summed E-state index contributed by atoms with van der Waals surface area (Å²) >= 11 is 5.38. The van der Waals surface area contributed by atoms with Gasteiger partial charge in [-0.15, -0.1) is 34.0 Å². The average molecular weight is 1480 g/mol. The van der Waals surface area contributed by atoms with Gasteiger partial charge in [0.1, 0.15) is 11.2 Å². The van der Waals surface area contributed by atoms with Crippen molar-refractivity contribution in [3.8, 4) is 146 Å². The van der Waals surface area contributed by atoms with Crippen molar-refractivity contribution in [2.75, 3.05) is 0 Å². The maximum absolute atomic E-state index is 7.07. The van der Waals surface area contributed by atoms with Crippen LogP contribution >= 0.6 is 34.0 Å². The summed E-state index contributed by atoms with van der Waals surface area (Å²) in [6, 6.07) is 130. The number of benzene rings is 16. The minimum absolute atomic E-state index is 0.592. The van der Waals surface area contributed by atoms with E-state index in [1.165, 1.54) is 46.8 Å². The van der Waals surface area contributed by atoms with Crippen molar-refractivity contribution in [3.63, 3.8) is 0 Å². The lowest BCUT2D eigenvalue weighted by molar-refractivity contribution is 0.670. The summed E-state index contributed by atoms with van der Waals surface area (Å²) in [6.07, 6.45) is 0. The lowest BCUT2D eigenvalue weighted by Crippen LogP contribution is -2.01. The quantitative estimate of drug-likeness (QED) is 0.114. The molecule has 6 aromatic heterocycles. The summed E-state index contributed by atoms with van der Waals surface area (Å²) in [5, 5.41) is 9.35. The van der Waals surface area contributed by atoms with E-state index in [0.717, 1.165) is 147 Å². The molecule has 0 aliphatic rings. The molecule has 0 unspecified atom stereocenters. The molecule has 0 saturated carbocycles. The first-order chi connectivity index (χ1) is 55.5. The maximum Gasteiger partial charge on any atom is 0.165 e. The van der Waals surface area contributed by atoms with Crippen LogP contribution in [0.15, 0.2) is 368 Å².